The average molecular weight is 295 g/mol. The Morgan fingerprint density at radius 2 is 1.85 bits per heavy atom. The van der Waals surface area contributed by atoms with Crippen LogP contribution in [0.25, 0.3) is 0 Å². The number of Topliss-reactive ketones (excluding diaryl/α,β-unsaturated/α-hetero) is 1. The van der Waals surface area contributed by atoms with Crippen LogP contribution in [0.1, 0.15) is 31.1 Å². The number of carbonyl (C=O) groups excluding carboxylic acids is 2. The molecule has 0 bridgehead atoms. The molecule has 20 heavy (non-hydrogen) atoms. The highest BCUT2D eigenvalue weighted by Crippen LogP contribution is 2.25. The number of thioether (sulfide) groups is 1. The van der Waals surface area contributed by atoms with Crippen LogP contribution in [0.5, 0.6) is 0 Å². The summed E-state index contributed by atoms with van der Waals surface area (Å²) in [6, 6.07) is 6.71. The van der Waals surface area contributed by atoms with Crippen LogP contribution in [0, 0.1) is 0 Å². The van der Waals surface area contributed by atoms with Crippen LogP contribution < -0.4 is 5.32 Å². The first-order valence-electron chi connectivity index (χ1n) is 6.01. The molecule has 0 aliphatic rings. The van der Waals surface area contributed by atoms with E-state index in [1.54, 1.807) is 24.3 Å². The van der Waals surface area contributed by atoms with Crippen molar-refractivity contribution in [3.05, 3.63) is 29.8 Å². The number of benzene rings is 1. The molecule has 0 spiro atoms. The standard InChI is InChI=1S/C14H17NO4S/c1-9(16)10-6-4-5-7-11(10)15-12(17)8-20-14(2,3)13(18)19/h4-7H,8H2,1-3H3,(H,15,17)(H,18,19). The molecule has 5 nitrogen and oxygen atoms in total. The summed E-state index contributed by atoms with van der Waals surface area (Å²) in [4.78, 5) is 34.2. The van der Waals surface area contributed by atoms with Crippen LogP contribution in [0.2, 0.25) is 0 Å². The van der Waals surface area contributed by atoms with E-state index in [1.165, 1.54) is 20.8 Å². The highest BCUT2D eigenvalue weighted by atomic mass is 32.2. The first kappa shape index (κ1) is 16.2. The van der Waals surface area contributed by atoms with Gasteiger partial charge < -0.3 is 10.4 Å². The van der Waals surface area contributed by atoms with Gasteiger partial charge in [0.15, 0.2) is 5.78 Å². The van der Waals surface area contributed by atoms with Crippen LogP contribution in [-0.4, -0.2) is 33.3 Å². The maximum atomic E-state index is 11.8. The van der Waals surface area contributed by atoms with Gasteiger partial charge in [-0.1, -0.05) is 12.1 Å². The number of amides is 1. The van der Waals surface area contributed by atoms with Gasteiger partial charge in [0.1, 0.15) is 4.75 Å². The molecule has 1 amide bonds. The van der Waals surface area contributed by atoms with E-state index >= 15 is 0 Å². The monoisotopic (exact) mass is 295 g/mol. The fourth-order valence-electron chi connectivity index (χ4n) is 1.39. The minimum Gasteiger partial charge on any atom is -0.480 e. The van der Waals surface area contributed by atoms with E-state index in [2.05, 4.69) is 5.32 Å². The van der Waals surface area contributed by atoms with Gasteiger partial charge in [0.05, 0.1) is 11.4 Å². The number of nitrogens with one attached hydrogen (secondary N) is 1. The number of rotatable bonds is 6. The lowest BCUT2D eigenvalue weighted by atomic mass is 10.1. The molecule has 2 N–H and O–H groups in total. The second kappa shape index (κ2) is 6.56. The Morgan fingerprint density at radius 3 is 2.40 bits per heavy atom. The third-order valence-corrected chi connectivity index (χ3v) is 3.96. The van der Waals surface area contributed by atoms with Crippen molar-refractivity contribution >= 4 is 35.1 Å². The quantitative estimate of drug-likeness (QED) is 0.787. The van der Waals surface area contributed by atoms with Crippen molar-refractivity contribution in [2.45, 2.75) is 25.5 Å². The van der Waals surface area contributed by atoms with E-state index in [9.17, 15) is 14.4 Å². The summed E-state index contributed by atoms with van der Waals surface area (Å²) in [7, 11) is 0. The summed E-state index contributed by atoms with van der Waals surface area (Å²) >= 11 is 1.03. The van der Waals surface area contributed by atoms with Crippen molar-refractivity contribution in [2.75, 3.05) is 11.1 Å². The average Bonchev–Trinajstić information content (AvgIpc) is 2.36. The highest BCUT2D eigenvalue weighted by Gasteiger charge is 2.28. The molecule has 0 aromatic heterocycles. The molecular weight excluding hydrogens is 278 g/mol. The predicted octanol–water partition coefficient (Wildman–Crippen LogP) is 2.42. The minimum atomic E-state index is -1.03. The van der Waals surface area contributed by atoms with E-state index < -0.39 is 10.7 Å². The number of aliphatic carboxylic acids is 1. The molecule has 0 heterocycles. The van der Waals surface area contributed by atoms with Crippen LogP contribution in [0.15, 0.2) is 24.3 Å². The van der Waals surface area contributed by atoms with Gasteiger partial charge >= 0.3 is 5.97 Å². The van der Waals surface area contributed by atoms with Gasteiger partial charge in [0.25, 0.3) is 0 Å². The molecule has 0 fully saturated rings. The fourth-order valence-corrected chi connectivity index (χ4v) is 2.08. The lowest BCUT2D eigenvalue weighted by molar-refractivity contribution is -0.138. The van der Waals surface area contributed by atoms with Crippen LogP contribution in [0.4, 0.5) is 5.69 Å². The van der Waals surface area contributed by atoms with E-state index in [-0.39, 0.29) is 17.4 Å². The third-order valence-electron chi connectivity index (χ3n) is 2.66. The maximum Gasteiger partial charge on any atom is 0.319 e. The first-order chi connectivity index (χ1) is 9.24. The zero-order valence-corrected chi connectivity index (χ0v) is 12.4. The van der Waals surface area contributed by atoms with Crippen molar-refractivity contribution in [1.29, 1.82) is 0 Å². The van der Waals surface area contributed by atoms with Crippen molar-refractivity contribution in [2.24, 2.45) is 0 Å². The number of ketones is 1. The molecule has 1 aromatic rings. The van der Waals surface area contributed by atoms with Crippen LogP contribution in [0.3, 0.4) is 0 Å². The fraction of sp³-hybridized carbons (Fsp3) is 0.357. The minimum absolute atomic E-state index is 0.00550. The summed E-state index contributed by atoms with van der Waals surface area (Å²) in [5, 5.41) is 11.6. The molecule has 0 radical (unpaired) electrons. The Kier molecular flexibility index (Phi) is 5.33. The van der Waals surface area contributed by atoms with Gasteiger partial charge in [0.2, 0.25) is 5.91 Å². The summed E-state index contributed by atoms with van der Waals surface area (Å²) in [6.07, 6.45) is 0. The number of anilines is 1. The second-order valence-corrected chi connectivity index (χ2v) is 6.35. The Hall–Kier alpha value is -1.82. The molecule has 6 heteroatoms. The summed E-state index contributed by atoms with van der Waals surface area (Å²) in [6.45, 7) is 4.50. The number of carbonyl (C=O) groups is 3. The first-order valence-corrected chi connectivity index (χ1v) is 7.00. The largest absolute Gasteiger partial charge is 0.480 e. The van der Waals surface area contributed by atoms with Gasteiger partial charge in [-0.3, -0.25) is 14.4 Å². The predicted molar refractivity (Wildman–Crippen MR) is 79.2 cm³/mol. The Morgan fingerprint density at radius 1 is 1.25 bits per heavy atom. The van der Waals surface area contributed by atoms with Gasteiger partial charge in [-0.05, 0) is 32.9 Å². The van der Waals surface area contributed by atoms with Crippen molar-refractivity contribution in [3.8, 4) is 0 Å². The van der Waals surface area contributed by atoms with Crippen molar-refractivity contribution in [1.82, 2.24) is 0 Å². The smallest absolute Gasteiger partial charge is 0.319 e. The summed E-state index contributed by atoms with van der Waals surface area (Å²) < 4.78 is -1.03. The highest BCUT2D eigenvalue weighted by molar-refractivity contribution is 8.02. The summed E-state index contributed by atoms with van der Waals surface area (Å²) in [5.74, 6) is -1.44. The van der Waals surface area contributed by atoms with Crippen LogP contribution in [-0.2, 0) is 9.59 Å². The van der Waals surface area contributed by atoms with Gasteiger partial charge in [-0.15, -0.1) is 11.8 Å². The maximum absolute atomic E-state index is 11.8. The van der Waals surface area contributed by atoms with Gasteiger partial charge in [-0.2, -0.15) is 0 Å². The molecule has 0 unspecified atom stereocenters. The van der Waals surface area contributed by atoms with E-state index in [0.29, 0.717) is 11.3 Å². The lowest BCUT2D eigenvalue weighted by Gasteiger charge is -2.18. The normalized spacial score (nSPS) is 10.9. The number of hydrogen-bond donors (Lipinski definition) is 2. The lowest BCUT2D eigenvalue weighted by Crippen LogP contribution is -2.29. The Bertz CT molecular complexity index is 540. The topological polar surface area (TPSA) is 83.5 Å². The number of carboxylic acids is 1. The van der Waals surface area contributed by atoms with Crippen molar-refractivity contribution in [3.63, 3.8) is 0 Å². The molecule has 1 aromatic carbocycles. The van der Waals surface area contributed by atoms with Crippen molar-refractivity contribution < 1.29 is 19.5 Å². The zero-order chi connectivity index (χ0) is 15.3. The SMILES string of the molecule is CC(=O)c1ccccc1NC(=O)CSC(C)(C)C(=O)O. The molecular formula is C14H17NO4S. The molecule has 0 aliphatic carbocycles. The van der Waals surface area contributed by atoms with Gasteiger partial charge in [-0.25, -0.2) is 0 Å². The molecule has 0 saturated heterocycles. The molecule has 0 aliphatic heterocycles. The zero-order valence-electron chi connectivity index (χ0n) is 11.6. The molecule has 0 saturated carbocycles. The Labute approximate surface area is 121 Å². The Balaban J connectivity index is 2.69. The van der Waals surface area contributed by atoms with E-state index in [1.807, 2.05) is 0 Å². The number of carboxylic acid groups (broad SMARTS) is 1. The van der Waals surface area contributed by atoms with Crippen LogP contribution >= 0.6 is 11.8 Å². The van der Waals surface area contributed by atoms with Gasteiger partial charge in [0, 0.05) is 5.56 Å². The second-order valence-electron chi connectivity index (χ2n) is 4.75. The molecule has 108 valence electrons. The number of para-hydroxylation sites is 1. The number of hydrogen-bond acceptors (Lipinski definition) is 4. The molecule has 1 rings (SSSR count). The third kappa shape index (κ3) is 4.38. The summed E-state index contributed by atoms with van der Waals surface area (Å²) in [5.41, 5.74) is 0.877. The molecule has 0 atom stereocenters. The van der Waals surface area contributed by atoms with E-state index in [4.69, 9.17) is 5.11 Å². The van der Waals surface area contributed by atoms with E-state index in [0.717, 1.165) is 11.8 Å².